The predicted molar refractivity (Wildman–Crippen MR) is 106 cm³/mol. The second-order valence-corrected chi connectivity index (χ2v) is 7.14. The van der Waals surface area contributed by atoms with Crippen LogP contribution in [0.2, 0.25) is 0 Å². The van der Waals surface area contributed by atoms with Crippen molar-refractivity contribution in [2.75, 3.05) is 25.1 Å². The fourth-order valence-electron chi connectivity index (χ4n) is 4.07. The van der Waals surface area contributed by atoms with Crippen LogP contribution in [-0.2, 0) is 19.1 Å². The predicted octanol–water partition coefficient (Wildman–Crippen LogP) is 2.69. The molecule has 1 heterocycles. The smallest absolute Gasteiger partial charge is 0.332 e. The standard InChI is InChI=1S/C21H30N2O5/c1-4-16(15-19(25)26)22-13-11-21(12-14-22,20(27)28-3)23(18(24)5-2)17-9-7-6-8-10-17/h6-10,16H,4-5,11-15H2,1-3H3,(H,25,26). The molecule has 0 radical (unpaired) electrons. The summed E-state index contributed by atoms with van der Waals surface area (Å²) in [5, 5.41) is 9.16. The maximum Gasteiger partial charge on any atom is 0.332 e. The first-order valence-corrected chi connectivity index (χ1v) is 9.82. The molecule has 1 atom stereocenters. The normalized spacial score (nSPS) is 17.5. The van der Waals surface area contributed by atoms with Crippen LogP contribution in [0.3, 0.4) is 0 Å². The summed E-state index contributed by atoms with van der Waals surface area (Å²) in [5.74, 6) is -1.39. The molecule has 0 aliphatic carbocycles. The number of nitrogens with zero attached hydrogens (tertiary/aromatic N) is 2. The molecule has 1 N–H and O–H groups in total. The van der Waals surface area contributed by atoms with Crippen molar-refractivity contribution in [3.05, 3.63) is 30.3 Å². The molecule has 1 aromatic carbocycles. The fraction of sp³-hybridized carbons (Fsp3) is 0.571. The van der Waals surface area contributed by atoms with E-state index in [9.17, 15) is 14.4 Å². The number of benzene rings is 1. The quantitative estimate of drug-likeness (QED) is 0.687. The summed E-state index contributed by atoms with van der Waals surface area (Å²) in [7, 11) is 1.34. The molecule has 7 nitrogen and oxygen atoms in total. The lowest BCUT2D eigenvalue weighted by molar-refractivity contribution is -0.151. The number of esters is 1. The van der Waals surface area contributed by atoms with Crippen molar-refractivity contribution in [1.29, 1.82) is 0 Å². The van der Waals surface area contributed by atoms with Gasteiger partial charge in [0.05, 0.1) is 13.5 Å². The number of amides is 1. The summed E-state index contributed by atoms with van der Waals surface area (Å²) < 4.78 is 5.13. The second-order valence-electron chi connectivity index (χ2n) is 7.14. The van der Waals surface area contributed by atoms with Gasteiger partial charge in [0.1, 0.15) is 5.54 Å². The molecule has 0 saturated carbocycles. The van der Waals surface area contributed by atoms with E-state index in [0.717, 1.165) is 0 Å². The van der Waals surface area contributed by atoms with E-state index in [-0.39, 0.29) is 24.8 Å². The van der Waals surface area contributed by atoms with Gasteiger partial charge < -0.3 is 9.84 Å². The van der Waals surface area contributed by atoms with E-state index in [1.165, 1.54) is 7.11 Å². The Morgan fingerprint density at radius 2 is 1.79 bits per heavy atom. The van der Waals surface area contributed by atoms with Crippen LogP contribution in [0.5, 0.6) is 0 Å². The molecule has 1 fully saturated rings. The van der Waals surface area contributed by atoms with E-state index in [1.54, 1.807) is 11.8 Å². The molecule has 1 amide bonds. The minimum Gasteiger partial charge on any atom is -0.481 e. The van der Waals surface area contributed by atoms with Gasteiger partial charge in [-0.15, -0.1) is 0 Å². The molecule has 0 spiro atoms. The highest BCUT2D eigenvalue weighted by atomic mass is 16.5. The zero-order chi connectivity index (χ0) is 20.7. The number of ether oxygens (including phenoxy) is 1. The van der Waals surface area contributed by atoms with Crippen molar-refractivity contribution in [1.82, 2.24) is 4.90 Å². The first-order chi connectivity index (χ1) is 13.4. The molecule has 2 rings (SSSR count). The van der Waals surface area contributed by atoms with Gasteiger partial charge in [0, 0.05) is 31.2 Å². The first kappa shape index (κ1) is 21.9. The summed E-state index contributed by atoms with van der Waals surface area (Å²) in [4.78, 5) is 40.7. The molecule has 1 aromatic rings. The van der Waals surface area contributed by atoms with Gasteiger partial charge in [0.2, 0.25) is 5.91 Å². The highest BCUT2D eigenvalue weighted by Gasteiger charge is 2.50. The lowest BCUT2D eigenvalue weighted by Gasteiger charge is -2.47. The van der Waals surface area contributed by atoms with Gasteiger partial charge in [0.15, 0.2) is 0 Å². The third kappa shape index (κ3) is 4.52. The Labute approximate surface area is 166 Å². The molecule has 28 heavy (non-hydrogen) atoms. The zero-order valence-corrected chi connectivity index (χ0v) is 16.9. The van der Waals surface area contributed by atoms with Crippen LogP contribution in [0.4, 0.5) is 5.69 Å². The van der Waals surface area contributed by atoms with Crippen molar-refractivity contribution < 1.29 is 24.2 Å². The van der Waals surface area contributed by atoms with E-state index < -0.39 is 17.5 Å². The van der Waals surface area contributed by atoms with Gasteiger partial charge >= 0.3 is 11.9 Å². The summed E-state index contributed by atoms with van der Waals surface area (Å²) in [6.45, 7) is 4.80. The Bertz CT molecular complexity index is 683. The number of hydrogen-bond acceptors (Lipinski definition) is 5. The van der Waals surface area contributed by atoms with Gasteiger partial charge in [-0.1, -0.05) is 32.0 Å². The number of anilines is 1. The van der Waals surface area contributed by atoms with E-state index in [4.69, 9.17) is 9.84 Å². The lowest BCUT2D eigenvalue weighted by atomic mass is 9.83. The molecule has 154 valence electrons. The summed E-state index contributed by atoms with van der Waals surface area (Å²) in [5.41, 5.74) is -0.410. The number of methoxy groups -OCH3 is 1. The molecule has 0 aromatic heterocycles. The number of likely N-dealkylation sites (tertiary alicyclic amines) is 1. The van der Waals surface area contributed by atoms with Crippen molar-refractivity contribution in [3.63, 3.8) is 0 Å². The molecule has 1 unspecified atom stereocenters. The molecular formula is C21H30N2O5. The Morgan fingerprint density at radius 1 is 1.18 bits per heavy atom. The molecular weight excluding hydrogens is 360 g/mol. The largest absolute Gasteiger partial charge is 0.481 e. The van der Waals surface area contributed by atoms with Crippen LogP contribution in [0.15, 0.2) is 30.3 Å². The average Bonchev–Trinajstić information content (AvgIpc) is 2.72. The van der Waals surface area contributed by atoms with E-state index >= 15 is 0 Å². The monoisotopic (exact) mass is 390 g/mol. The van der Waals surface area contributed by atoms with Crippen molar-refractivity contribution in [2.45, 2.75) is 57.5 Å². The Kier molecular flexibility index (Phi) is 7.57. The number of carbonyl (C=O) groups excluding carboxylic acids is 2. The van der Waals surface area contributed by atoms with Crippen LogP contribution in [0.1, 0.15) is 46.0 Å². The van der Waals surface area contributed by atoms with Gasteiger partial charge in [-0.25, -0.2) is 4.79 Å². The van der Waals surface area contributed by atoms with E-state index in [1.807, 2.05) is 37.3 Å². The number of rotatable bonds is 8. The highest BCUT2D eigenvalue weighted by molar-refractivity contribution is 6.02. The van der Waals surface area contributed by atoms with Crippen molar-refractivity contribution >= 4 is 23.5 Å². The highest BCUT2D eigenvalue weighted by Crippen LogP contribution is 2.36. The molecule has 1 aliphatic rings. The minimum atomic E-state index is -1.08. The number of hydrogen-bond donors (Lipinski definition) is 1. The molecule has 0 bridgehead atoms. The first-order valence-electron chi connectivity index (χ1n) is 9.82. The number of piperidine rings is 1. The number of carbonyl (C=O) groups is 3. The van der Waals surface area contributed by atoms with Gasteiger partial charge in [-0.3, -0.25) is 19.4 Å². The maximum atomic E-state index is 12.9. The van der Waals surface area contributed by atoms with Crippen LogP contribution < -0.4 is 4.90 Å². The fourth-order valence-corrected chi connectivity index (χ4v) is 4.07. The average molecular weight is 390 g/mol. The van der Waals surface area contributed by atoms with Crippen molar-refractivity contribution in [3.8, 4) is 0 Å². The maximum absolute atomic E-state index is 12.9. The van der Waals surface area contributed by atoms with E-state index in [0.29, 0.717) is 38.0 Å². The SMILES string of the molecule is CCC(=O)N(c1ccccc1)C1(C(=O)OC)CCN(C(CC)CC(=O)O)CC1. The minimum absolute atomic E-state index is 0.0675. The van der Waals surface area contributed by atoms with Crippen LogP contribution >= 0.6 is 0 Å². The third-order valence-corrected chi connectivity index (χ3v) is 5.58. The summed E-state index contributed by atoms with van der Waals surface area (Å²) >= 11 is 0. The summed E-state index contributed by atoms with van der Waals surface area (Å²) in [6.07, 6.45) is 1.85. The van der Waals surface area contributed by atoms with Crippen LogP contribution in [0.25, 0.3) is 0 Å². The molecule has 7 heteroatoms. The van der Waals surface area contributed by atoms with Gasteiger partial charge in [-0.2, -0.15) is 0 Å². The zero-order valence-electron chi connectivity index (χ0n) is 16.9. The van der Waals surface area contributed by atoms with Gasteiger partial charge in [0.25, 0.3) is 0 Å². The molecule has 1 saturated heterocycles. The van der Waals surface area contributed by atoms with Crippen LogP contribution in [-0.4, -0.2) is 59.6 Å². The Hall–Kier alpha value is -2.41. The molecule has 1 aliphatic heterocycles. The Morgan fingerprint density at radius 3 is 2.25 bits per heavy atom. The van der Waals surface area contributed by atoms with Crippen LogP contribution in [0, 0.1) is 0 Å². The number of aliphatic carboxylic acids is 1. The van der Waals surface area contributed by atoms with E-state index in [2.05, 4.69) is 4.90 Å². The topological polar surface area (TPSA) is 87.2 Å². The van der Waals surface area contributed by atoms with Crippen molar-refractivity contribution in [2.24, 2.45) is 0 Å². The number of para-hydroxylation sites is 1. The number of carboxylic acids is 1. The van der Waals surface area contributed by atoms with Gasteiger partial charge in [-0.05, 0) is 31.4 Å². The second kappa shape index (κ2) is 9.68. The summed E-state index contributed by atoms with van der Waals surface area (Å²) in [6, 6.07) is 9.11. The Balaban J connectivity index is 2.36. The third-order valence-electron chi connectivity index (χ3n) is 5.58. The lowest BCUT2D eigenvalue weighted by Crippen LogP contribution is -2.63. The number of carboxylic acid groups (broad SMARTS) is 1.